The van der Waals surface area contributed by atoms with Crippen molar-refractivity contribution >= 4 is 12.6 Å². The van der Waals surface area contributed by atoms with Crippen LogP contribution >= 0.6 is 0 Å². The number of carbonyl (C=O) groups is 2. The molecule has 58 valence electrons. The molecule has 0 aromatic carbocycles. The summed E-state index contributed by atoms with van der Waals surface area (Å²) < 4.78 is 4.13. The third-order valence-corrected chi connectivity index (χ3v) is 1.51. The summed E-state index contributed by atoms with van der Waals surface area (Å²) in [6, 6.07) is 0. The summed E-state index contributed by atoms with van der Waals surface area (Å²) in [5, 5.41) is 0. The zero-order valence-corrected chi connectivity index (χ0v) is 8.58. The zero-order chi connectivity index (χ0) is 7.40. The van der Waals surface area contributed by atoms with E-state index in [0.29, 0.717) is 13.1 Å². The maximum atomic E-state index is 10.7. The van der Waals surface area contributed by atoms with E-state index in [9.17, 15) is 9.59 Å². The Hall–Kier alpha value is -0.0600. The van der Waals surface area contributed by atoms with E-state index in [1.807, 2.05) is 0 Å². The molecule has 0 aromatic heterocycles. The van der Waals surface area contributed by atoms with Crippen molar-refractivity contribution in [3.8, 4) is 0 Å². The first kappa shape index (κ1) is 10.9. The van der Waals surface area contributed by atoms with Crippen LogP contribution in [0.25, 0.3) is 0 Å². The van der Waals surface area contributed by atoms with Crippen LogP contribution in [0.1, 0.15) is 14.3 Å². The summed E-state index contributed by atoms with van der Waals surface area (Å²) in [5.41, 5.74) is 0. The van der Waals surface area contributed by atoms with Gasteiger partial charge in [-0.15, -0.1) is 0 Å². The van der Waals surface area contributed by atoms with Crippen molar-refractivity contribution in [2.75, 3.05) is 13.1 Å². The van der Waals surface area contributed by atoms with E-state index in [4.69, 9.17) is 0 Å². The fourth-order valence-electron chi connectivity index (χ4n) is 1.02. The normalized spacial score (nSPS) is 15.5. The number of likely N-dealkylation sites (tertiary alicyclic amines) is 1. The number of hydrogen-bond acceptors (Lipinski definition) is 3. The Morgan fingerprint density at radius 1 is 1.45 bits per heavy atom. The molecule has 11 heavy (non-hydrogen) atoms. The van der Waals surface area contributed by atoms with Gasteiger partial charge in [-0.05, 0) is 12.8 Å². The third-order valence-electron chi connectivity index (χ3n) is 1.51. The number of carbonyl (C=O) groups excluding carboxylic acids is 2. The summed E-state index contributed by atoms with van der Waals surface area (Å²) in [4.78, 5) is 21.9. The van der Waals surface area contributed by atoms with Gasteiger partial charge in [0, 0.05) is 13.1 Å². The van der Waals surface area contributed by atoms with Crippen molar-refractivity contribution in [3.63, 3.8) is 0 Å². The van der Waals surface area contributed by atoms with E-state index in [2.05, 4.69) is 4.74 Å². The molecule has 0 bridgehead atoms. The molecule has 0 radical (unpaired) electrons. The number of nitrogens with zero attached hydrogens (tertiary/aromatic N) is 1. The molecule has 4 nitrogen and oxygen atoms in total. The van der Waals surface area contributed by atoms with Gasteiger partial charge in [0.15, 0.2) is 0 Å². The van der Waals surface area contributed by atoms with Crippen LogP contribution in [0.3, 0.4) is 0 Å². The van der Waals surface area contributed by atoms with Crippen molar-refractivity contribution in [1.82, 2.24) is 4.90 Å². The van der Waals surface area contributed by atoms with E-state index in [1.54, 1.807) is 0 Å². The molecular weight excluding hydrogens is 157 g/mol. The number of rotatable bonds is 1. The molecule has 0 spiro atoms. The molecular formula is C6H10NNaO3. The fraction of sp³-hybridized carbons (Fsp3) is 0.667. The minimum atomic E-state index is -0.521. The van der Waals surface area contributed by atoms with E-state index in [1.165, 1.54) is 4.90 Å². The van der Waals surface area contributed by atoms with Crippen molar-refractivity contribution in [3.05, 3.63) is 0 Å². The largest absolute Gasteiger partial charge is 1.00 e. The average molecular weight is 167 g/mol. The molecule has 1 rings (SSSR count). The number of amides is 1. The summed E-state index contributed by atoms with van der Waals surface area (Å²) in [5.74, 6) is 0. The molecule has 1 aliphatic rings. The van der Waals surface area contributed by atoms with Gasteiger partial charge in [0.2, 0.25) is 0 Å². The smallest absolute Gasteiger partial charge is 1.00 e. The van der Waals surface area contributed by atoms with Gasteiger partial charge in [0.25, 0.3) is 0 Å². The van der Waals surface area contributed by atoms with Gasteiger partial charge < -0.3 is 11.1 Å². The number of hydrogen-bond donors (Lipinski definition) is 0. The van der Waals surface area contributed by atoms with E-state index in [-0.39, 0.29) is 37.5 Å². The molecule has 0 atom stereocenters. The van der Waals surface area contributed by atoms with Crippen LogP contribution in [0.4, 0.5) is 4.79 Å². The van der Waals surface area contributed by atoms with Gasteiger partial charge >= 0.3 is 42.1 Å². The molecule has 0 saturated carbocycles. The predicted molar refractivity (Wildman–Crippen MR) is 34.5 cm³/mol. The van der Waals surface area contributed by atoms with Crippen LogP contribution in [-0.2, 0) is 9.53 Å². The van der Waals surface area contributed by atoms with Crippen LogP contribution in [0.15, 0.2) is 0 Å². The second-order valence-electron chi connectivity index (χ2n) is 2.17. The van der Waals surface area contributed by atoms with Crippen LogP contribution < -0.4 is 29.6 Å². The molecule has 1 saturated heterocycles. The predicted octanol–water partition coefficient (Wildman–Crippen LogP) is -2.51. The molecule has 1 fully saturated rings. The van der Waals surface area contributed by atoms with E-state index < -0.39 is 6.09 Å². The molecule has 1 heterocycles. The molecule has 1 amide bonds. The van der Waals surface area contributed by atoms with Crippen molar-refractivity contribution in [2.24, 2.45) is 0 Å². The summed E-state index contributed by atoms with van der Waals surface area (Å²) in [6.45, 7) is 1.60. The fourth-order valence-corrected chi connectivity index (χ4v) is 1.02. The SMILES string of the molecule is O=COC(=O)N1CCCC1.[H-].[Na+]. The standard InChI is InChI=1S/C6H9NO3.Na.H/c8-5-10-6(9)7-3-1-2-4-7;;/h5H,1-4H2;;/q;+1;-1. The van der Waals surface area contributed by atoms with Gasteiger partial charge in [-0.2, -0.15) is 0 Å². The summed E-state index contributed by atoms with van der Waals surface area (Å²) in [7, 11) is 0. The molecule has 0 aliphatic carbocycles. The van der Waals surface area contributed by atoms with Crippen molar-refractivity contribution in [1.29, 1.82) is 0 Å². The maximum Gasteiger partial charge on any atom is 1.00 e. The maximum absolute atomic E-state index is 10.7. The summed E-state index contributed by atoms with van der Waals surface area (Å²) in [6.07, 6.45) is 1.49. The first-order valence-corrected chi connectivity index (χ1v) is 3.24. The van der Waals surface area contributed by atoms with Gasteiger partial charge in [-0.1, -0.05) is 0 Å². The minimum absolute atomic E-state index is 0. The van der Waals surface area contributed by atoms with Crippen molar-refractivity contribution in [2.45, 2.75) is 12.8 Å². The minimum Gasteiger partial charge on any atom is -1.00 e. The first-order chi connectivity index (χ1) is 4.84. The second kappa shape index (κ2) is 5.57. The Bertz CT molecular complexity index is 150. The monoisotopic (exact) mass is 167 g/mol. The molecule has 0 unspecified atom stereocenters. The summed E-state index contributed by atoms with van der Waals surface area (Å²) >= 11 is 0. The van der Waals surface area contributed by atoms with Crippen LogP contribution in [0, 0.1) is 0 Å². The number of ether oxygens (including phenoxy) is 1. The van der Waals surface area contributed by atoms with Crippen molar-refractivity contribution < 1.29 is 45.3 Å². The Morgan fingerprint density at radius 2 is 2.00 bits per heavy atom. The first-order valence-electron chi connectivity index (χ1n) is 3.24. The van der Waals surface area contributed by atoms with Crippen LogP contribution in [-0.4, -0.2) is 30.6 Å². The van der Waals surface area contributed by atoms with E-state index >= 15 is 0 Å². The topological polar surface area (TPSA) is 46.6 Å². The molecule has 0 N–H and O–H groups in total. The second-order valence-corrected chi connectivity index (χ2v) is 2.17. The molecule has 1 aliphatic heterocycles. The molecule has 5 heteroatoms. The van der Waals surface area contributed by atoms with Crippen LogP contribution in [0.2, 0.25) is 0 Å². The van der Waals surface area contributed by atoms with Gasteiger partial charge in [0.1, 0.15) is 0 Å². The van der Waals surface area contributed by atoms with Crippen LogP contribution in [0.5, 0.6) is 0 Å². The Kier molecular flexibility index (Phi) is 5.54. The molecule has 0 aromatic rings. The Labute approximate surface area is 88.7 Å². The third kappa shape index (κ3) is 3.22. The van der Waals surface area contributed by atoms with Gasteiger partial charge in [0.05, 0.1) is 0 Å². The van der Waals surface area contributed by atoms with E-state index in [0.717, 1.165) is 12.8 Å². The quantitative estimate of drug-likeness (QED) is 0.246. The Morgan fingerprint density at radius 3 is 2.45 bits per heavy atom. The average Bonchev–Trinajstić information content (AvgIpc) is 2.38. The zero-order valence-electron chi connectivity index (χ0n) is 7.58. The Balaban J connectivity index is 0. The van der Waals surface area contributed by atoms with Gasteiger partial charge in [-0.3, -0.25) is 4.79 Å². The van der Waals surface area contributed by atoms with Gasteiger partial charge in [-0.25, -0.2) is 4.79 Å².